The summed E-state index contributed by atoms with van der Waals surface area (Å²) in [5.41, 5.74) is 0.926. The first kappa shape index (κ1) is 19.4. The Morgan fingerprint density at radius 2 is 1.75 bits per heavy atom. The number of aliphatic hydroxyl groups excluding tert-OH is 4. The van der Waals surface area contributed by atoms with Crippen molar-refractivity contribution in [1.82, 2.24) is 0 Å². The summed E-state index contributed by atoms with van der Waals surface area (Å²) in [6.45, 7) is -0.503. The smallest absolute Gasteiger partial charge is 0.126 e. The van der Waals surface area contributed by atoms with Crippen molar-refractivity contribution in [3.63, 3.8) is 0 Å². The van der Waals surface area contributed by atoms with E-state index in [0.29, 0.717) is 17.5 Å². The standard InChI is InChI=1S/C21H21FO5S/c22-15-6-5-12(21-20(26)19(25)18(24)16(10-23)27-21)7-13(15)9-14-8-11-3-1-2-4-17(11)28-14/h1-8,16,18-21,23-26H,9-10H2/t16-,18-,19+,20+,21+/m0/s1. The number of hydrogen-bond donors (Lipinski definition) is 4. The van der Waals surface area contributed by atoms with Crippen LogP contribution in [0.5, 0.6) is 0 Å². The Kier molecular flexibility index (Phi) is 5.46. The topological polar surface area (TPSA) is 90.2 Å². The first-order valence-electron chi connectivity index (χ1n) is 9.04. The molecule has 4 rings (SSSR count). The van der Waals surface area contributed by atoms with E-state index < -0.39 is 37.1 Å². The van der Waals surface area contributed by atoms with Crippen LogP contribution in [0.2, 0.25) is 0 Å². The molecule has 2 heterocycles. The van der Waals surface area contributed by atoms with Crippen molar-refractivity contribution in [2.24, 2.45) is 0 Å². The average molecular weight is 404 g/mol. The lowest BCUT2D eigenvalue weighted by Crippen LogP contribution is -2.55. The molecule has 148 valence electrons. The van der Waals surface area contributed by atoms with E-state index in [-0.39, 0.29) is 5.82 Å². The molecule has 0 saturated carbocycles. The predicted octanol–water partition coefficient (Wildman–Crippen LogP) is 2.15. The maximum Gasteiger partial charge on any atom is 0.126 e. The van der Waals surface area contributed by atoms with Gasteiger partial charge in [0.15, 0.2) is 0 Å². The number of benzene rings is 2. The normalized spacial score (nSPS) is 28.0. The van der Waals surface area contributed by atoms with Crippen LogP contribution in [0.1, 0.15) is 22.1 Å². The lowest BCUT2D eigenvalue weighted by molar-refractivity contribution is -0.231. The third-order valence-electron chi connectivity index (χ3n) is 5.13. The largest absolute Gasteiger partial charge is 0.394 e. The highest BCUT2D eigenvalue weighted by molar-refractivity contribution is 7.19. The molecule has 2 aromatic carbocycles. The number of ether oxygens (including phenoxy) is 1. The number of hydrogen-bond acceptors (Lipinski definition) is 6. The van der Waals surface area contributed by atoms with Crippen LogP contribution in [0.4, 0.5) is 4.39 Å². The molecule has 0 bridgehead atoms. The van der Waals surface area contributed by atoms with E-state index in [1.165, 1.54) is 12.1 Å². The van der Waals surface area contributed by atoms with Crippen LogP contribution in [0.25, 0.3) is 10.1 Å². The van der Waals surface area contributed by atoms with Gasteiger partial charge in [0, 0.05) is 16.0 Å². The van der Waals surface area contributed by atoms with Gasteiger partial charge in [-0.2, -0.15) is 0 Å². The summed E-state index contributed by atoms with van der Waals surface area (Å²) >= 11 is 1.59. The van der Waals surface area contributed by atoms with Gasteiger partial charge in [-0.25, -0.2) is 4.39 Å². The Morgan fingerprint density at radius 3 is 2.50 bits per heavy atom. The highest BCUT2D eigenvalue weighted by Gasteiger charge is 2.44. The Bertz CT molecular complexity index is 939. The van der Waals surface area contributed by atoms with Gasteiger partial charge in [0.25, 0.3) is 0 Å². The second-order valence-corrected chi connectivity index (χ2v) is 8.20. The minimum absolute atomic E-state index is 0.370. The van der Waals surface area contributed by atoms with Crippen LogP contribution in [0.3, 0.4) is 0 Å². The molecule has 0 unspecified atom stereocenters. The van der Waals surface area contributed by atoms with Crippen molar-refractivity contribution in [3.8, 4) is 0 Å². The molecule has 4 N–H and O–H groups in total. The SMILES string of the molecule is OC[C@@H]1O[C@H](c2ccc(F)c(Cc3cc4ccccc4s3)c2)[C@H](O)[C@H](O)[C@H]1O. The molecule has 28 heavy (non-hydrogen) atoms. The fourth-order valence-corrected chi connectivity index (χ4v) is 4.68. The molecule has 5 atom stereocenters. The van der Waals surface area contributed by atoms with E-state index in [1.54, 1.807) is 17.4 Å². The molecule has 1 fully saturated rings. The number of rotatable bonds is 4. The summed E-state index contributed by atoms with van der Waals surface area (Å²) in [6.07, 6.45) is -5.87. The van der Waals surface area contributed by atoms with Gasteiger partial charge in [-0.3, -0.25) is 0 Å². The van der Waals surface area contributed by atoms with Crippen molar-refractivity contribution in [1.29, 1.82) is 0 Å². The quantitative estimate of drug-likeness (QED) is 0.535. The lowest BCUT2D eigenvalue weighted by atomic mass is 9.90. The first-order valence-corrected chi connectivity index (χ1v) is 9.86. The molecule has 1 aromatic heterocycles. The molecule has 1 aliphatic heterocycles. The molecule has 0 radical (unpaired) electrons. The van der Waals surface area contributed by atoms with Crippen molar-refractivity contribution < 1.29 is 29.6 Å². The molecular formula is C21H21FO5S. The maximum absolute atomic E-state index is 14.4. The van der Waals surface area contributed by atoms with E-state index in [9.17, 15) is 24.8 Å². The number of thiophene rings is 1. The molecule has 3 aromatic rings. The molecular weight excluding hydrogens is 383 g/mol. The fraction of sp³-hybridized carbons (Fsp3) is 0.333. The zero-order chi connectivity index (χ0) is 19.8. The monoisotopic (exact) mass is 404 g/mol. The number of fused-ring (bicyclic) bond motifs is 1. The lowest BCUT2D eigenvalue weighted by Gasteiger charge is -2.40. The minimum atomic E-state index is -1.47. The summed E-state index contributed by atoms with van der Waals surface area (Å²) in [7, 11) is 0. The Balaban J connectivity index is 1.63. The van der Waals surface area contributed by atoms with E-state index >= 15 is 0 Å². The van der Waals surface area contributed by atoms with Crippen LogP contribution in [0, 0.1) is 5.82 Å². The number of aliphatic hydroxyl groups is 4. The number of halogens is 1. The predicted molar refractivity (Wildman–Crippen MR) is 104 cm³/mol. The minimum Gasteiger partial charge on any atom is -0.394 e. The summed E-state index contributed by atoms with van der Waals surface area (Å²) in [5.74, 6) is -0.370. The fourth-order valence-electron chi connectivity index (χ4n) is 3.60. The summed E-state index contributed by atoms with van der Waals surface area (Å²) < 4.78 is 21.1. The first-order chi connectivity index (χ1) is 13.5. The molecule has 5 nitrogen and oxygen atoms in total. The Morgan fingerprint density at radius 1 is 0.964 bits per heavy atom. The van der Waals surface area contributed by atoms with Gasteiger partial charge in [-0.1, -0.05) is 24.3 Å². The Hall–Kier alpha value is -1.87. The molecule has 1 saturated heterocycles. The van der Waals surface area contributed by atoms with E-state index in [1.807, 2.05) is 30.3 Å². The van der Waals surface area contributed by atoms with Crippen molar-refractivity contribution in [2.75, 3.05) is 6.61 Å². The second-order valence-electron chi connectivity index (χ2n) is 7.03. The zero-order valence-corrected chi connectivity index (χ0v) is 15.7. The molecule has 1 aliphatic rings. The van der Waals surface area contributed by atoms with Gasteiger partial charge in [-0.05, 0) is 40.8 Å². The van der Waals surface area contributed by atoms with Gasteiger partial charge in [0.2, 0.25) is 0 Å². The van der Waals surface area contributed by atoms with Gasteiger partial charge in [0.1, 0.15) is 36.3 Å². The third-order valence-corrected chi connectivity index (χ3v) is 6.25. The van der Waals surface area contributed by atoms with Gasteiger partial charge in [0.05, 0.1) is 6.61 Å². The molecule has 7 heteroatoms. The van der Waals surface area contributed by atoms with Crippen LogP contribution >= 0.6 is 11.3 Å². The second kappa shape index (κ2) is 7.87. The molecule has 0 amide bonds. The summed E-state index contributed by atoms with van der Waals surface area (Å²) in [6, 6.07) is 14.4. The highest BCUT2D eigenvalue weighted by atomic mass is 32.1. The summed E-state index contributed by atoms with van der Waals surface area (Å²) in [4.78, 5) is 1.01. The van der Waals surface area contributed by atoms with Crippen LogP contribution in [-0.4, -0.2) is 51.4 Å². The van der Waals surface area contributed by atoms with Crippen molar-refractivity contribution in [2.45, 2.75) is 36.9 Å². The molecule has 0 spiro atoms. The van der Waals surface area contributed by atoms with Gasteiger partial charge >= 0.3 is 0 Å². The van der Waals surface area contributed by atoms with Crippen molar-refractivity contribution in [3.05, 3.63) is 70.4 Å². The van der Waals surface area contributed by atoms with Crippen LogP contribution in [-0.2, 0) is 11.2 Å². The zero-order valence-electron chi connectivity index (χ0n) is 14.9. The van der Waals surface area contributed by atoms with Crippen molar-refractivity contribution >= 4 is 21.4 Å². The Labute approximate surface area is 165 Å². The third kappa shape index (κ3) is 3.57. The van der Waals surface area contributed by atoms with E-state index in [4.69, 9.17) is 4.74 Å². The molecule has 0 aliphatic carbocycles. The van der Waals surface area contributed by atoms with E-state index in [2.05, 4.69) is 0 Å². The average Bonchev–Trinajstić information content (AvgIpc) is 3.11. The highest BCUT2D eigenvalue weighted by Crippen LogP contribution is 2.34. The van der Waals surface area contributed by atoms with Crippen LogP contribution in [0.15, 0.2) is 48.5 Å². The maximum atomic E-state index is 14.4. The van der Waals surface area contributed by atoms with E-state index in [0.717, 1.165) is 15.0 Å². The van der Waals surface area contributed by atoms with Gasteiger partial charge in [-0.15, -0.1) is 11.3 Å². The van der Waals surface area contributed by atoms with Crippen LogP contribution < -0.4 is 0 Å². The van der Waals surface area contributed by atoms with Gasteiger partial charge < -0.3 is 25.2 Å². The summed E-state index contributed by atoms with van der Waals surface area (Å²) in [5, 5.41) is 40.7.